The first kappa shape index (κ1) is 17.5. The summed E-state index contributed by atoms with van der Waals surface area (Å²) in [4.78, 5) is 34.1. The molecule has 0 unspecified atom stereocenters. The molecule has 0 radical (unpaired) electrons. The summed E-state index contributed by atoms with van der Waals surface area (Å²) in [5.41, 5.74) is 0.761. The Bertz CT molecular complexity index is 830. The van der Waals surface area contributed by atoms with Gasteiger partial charge in [-0.15, -0.1) is 0 Å². The third kappa shape index (κ3) is 3.73. The number of H-pyrrole nitrogens is 2. The predicted octanol–water partition coefficient (Wildman–Crippen LogP) is 2.15. The Morgan fingerprint density at radius 3 is 2.21 bits per heavy atom. The average molecular weight is 330 g/mol. The van der Waals surface area contributed by atoms with E-state index in [0.29, 0.717) is 17.8 Å². The molecule has 0 aliphatic carbocycles. The van der Waals surface area contributed by atoms with E-state index in [9.17, 15) is 14.7 Å². The second kappa shape index (κ2) is 7.63. The lowest BCUT2D eigenvalue weighted by molar-refractivity contribution is 0.447. The van der Waals surface area contributed by atoms with Crippen LogP contribution in [0.2, 0.25) is 0 Å². The Kier molecular flexibility index (Phi) is 5.57. The summed E-state index contributed by atoms with van der Waals surface area (Å²) in [7, 11) is 0. The fourth-order valence-corrected chi connectivity index (χ4v) is 2.54. The first-order valence-corrected chi connectivity index (χ1v) is 7.98. The molecule has 0 aliphatic rings. The first-order chi connectivity index (χ1) is 11.5. The van der Waals surface area contributed by atoms with Crippen molar-refractivity contribution < 1.29 is 5.11 Å². The van der Waals surface area contributed by atoms with Gasteiger partial charge in [-0.1, -0.05) is 6.92 Å². The molecule has 2 aromatic rings. The number of rotatable bonds is 6. The van der Waals surface area contributed by atoms with Gasteiger partial charge in [0.1, 0.15) is 5.56 Å². The smallest absolute Gasteiger partial charge is 0.328 e. The molecule has 7 nitrogen and oxygen atoms in total. The number of nitrogens with one attached hydrogen (secondary N) is 2. The maximum absolute atomic E-state index is 11.9. The van der Waals surface area contributed by atoms with Crippen molar-refractivity contribution in [1.29, 1.82) is 0 Å². The van der Waals surface area contributed by atoms with Crippen LogP contribution in [0, 0.1) is 0 Å². The molecule has 1 heterocycles. The molecule has 0 saturated carbocycles. The average Bonchev–Trinajstić information content (AvgIpc) is 2.55. The molecule has 7 heteroatoms. The van der Waals surface area contributed by atoms with E-state index in [-0.39, 0.29) is 5.56 Å². The summed E-state index contributed by atoms with van der Waals surface area (Å²) >= 11 is 0. The van der Waals surface area contributed by atoms with Crippen molar-refractivity contribution >= 4 is 17.1 Å². The molecule has 0 amide bonds. The van der Waals surface area contributed by atoms with Crippen LogP contribution < -0.4 is 16.1 Å². The normalized spacial score (nSPS) is 11.5. The topological polar surface area (TPSA) is 102 Å². The molecule has 128 valence electrons. The number of hydrogen-bond donors (Lipinski definition) is 3. The van der Waals surface area contributed by atoms with E-state index in [0.717, 1.165) is 18.8 Å². The van der Waals surface area contributed by atoms with Crippen LogP contribution in [0.3, 0.4) is 0 Å². The zero-order valence-electron chi connectivity index (χ0n) is 14.1. The standard InChI is InChI=1S/C17H22N4O3/c1-4-13(14-15(22)19-17(24)20-16(14)23)18-11-7-9-12(10-8-11)21(5-2)6-3/h7-10H,4-6H2,1-3H3,(H3,19,20,22,23,24). The second-order valence-electron chi connectivity index (χ2n) is 5.23. The van der Waals surface area contributed by atoms with Crippen molar-refractivity contribution in [3.63, 3.8) is 0 Å². The van der Waals surface area contributed by atoms with Crippen LogP contribution in [0.5, 0.6) is 5.88 Å². The van der Waals surface area contributed by atoms with Crippen LogP contribution in [0.15, 0.2) is 38.8 Å². The number of anilines is 1. The molecule has 0 saturated heterocycles. The van der Waals surface area contributed by atoms with Gasteiger partial charge in [-0.3, -0.25) is 19.8 Å². The lowest BCUT2D eigenvalue weighted by atomic mass is 10.1. The number of hydrogen-bond acceptors (Lipinski definition) is 5. The molecule has 3 N–H and O–H groups in total. The van der Waals surface area contributed by atoms with Gasteiger partial charge in [-0.05, 0) is 44.5 Å². The molecule has 1 aromatic carbocycles. The van der Waals surface area contributed by atoms with Gasteiger partial charge >= 0.3 is 5.69 Å². The summed E-state index contributed by atoms with van der Waals surface area (Å²) in [6.45, 7) is 7.85. The van der Waals surface area contributed by atoms with Crippen LogP contribution in [-0.2, 0) is 0 Å². The maximum Gasteiger partial charge on any atom is 0.328 e. The summed E-state index contributed by atoms with van der Waals surface area (Å²) in [6, 6.07) is 7.66. The van der Waals surface area contributed by atoms with Gasteiger partial charge in [0.15, 0.2) is 0 Å². The van der Waals surface area contributed by atoms with E-state index in [1.807, 2.05) is 31.2 Å². The highest BCUT2D eigenvalue weighted by molar-refractivity contribution is 6.03. The maximum atomic E-state index is 11.9. The monoisotopic (exact) mass is 330 g/mol. The largest absolute Gasteiger partial charge is 0.494 e. The SMILES string of the molecule is CCC(=Nc1ccc(N(CC)CC)cc1)c1c(O)[nH]c(=O)[nH]c1=O. The van der Waals surface area contributed by atoms with E-state index in [2.05, 4.69) is 33.7 Å². The lowest BCUT2D eigenvalue weighted by Crippen LogP contribution is -2.27. The number of aliphatic imine (C=N–C) groups is 1. The number of aromatic amines is 2. The van der Waals surface area contributed by atoms with Crippen LogP contribution in [0.1, 0.15) is 32.8 Å². The molecule has 0 aliphatic heterocycles. The van der Waals surface area contributed by atoms with Gasteiger partial charge < -0.3 is 10.0 Å². The number of nitrogens with zero attached hydrogens (tertiary/aromatic N) is 2. The zero-order valence-corrected chi connectivity index (χ0v) is 14.1. The molecule has 0 fully saturated rings. The Hall–Kier alpha value is -2.83. The molecule has 0 bridgehead atoms. The third-order valence-corrected chi connectivity index (χ3v) is 3.79. The Morgan fingerprint density at radius 1 is 1.08 bits per heavy atom. The van der Waals surface area contributed by atoms with Crippen molar-refractivity contribution in [3.8, 4) is 5.88 Å². The van der Waals surface area contributed by atoms with Gasteiger partial charge in [0, 0.05) is 18.8 Å². The molecule has 0 spiro atoms. The zero-order chi connectivity index (χ0) is 17.7. The van der Waals surface area contributed by atoms with Gasteiger partial charge in [0.2, 0.25) is 5.88 Å². The van der Waals surface area contributed by atoms with Gasteiger partial charge in [0.25, 0.3) is 5.56 Å². The van der Waals surface area contributed by atoms with Crippen molar-refractivity contribution in [2.75, 3.05) is 18.0 Å². The van der Waals surface area contributed by atoms with Crippen molar-refractivity contribution in [1.82, 2.24) is 9.97 Å². The van der Waals surface area contributed by atoms with Crippen LogP contribution in [-0.4, -0.2) is 33.9 Å². The van der Waals surface area contributed by atoms with E-state index in [4.69, 9.17) is 0 Å². The van der Waals surface area contributed by atoms with E-state index in [1.54, 1.807) is 0 Å². The van der Waals surface area contributed by atoms with Crippen LogP contribution >= 0.6 is 0 Å². The molecule has 24 heavy (non-hydrogen) atoms. The quantitative estimate of drug-likeness (QED) is 0.706. The van der Waals surface area contributed by atoms with E-state index >= 15 is 0 Å². The van der Waals surface area contributed by atoms with Crippen molar-refractivity contribution in [2.45, 2.75) is 27.2 Å². The van der Waals surface area contributed by atoms with Crippen LogP contribution in [0.4, 0.5) is 11.4 Å². The van der Waals surface area contributed by atoms with Crippen molar-refractivity contribution in [3.05, 3.63) is 50.7 Å². The molecular weight excluding hydrogens is 308 g/mol. The number of aromatic hydroxyl groups is 1. The molecular formula is C17H22N4O3. The summed E-state index contributed by atoms with van der Waals surface area (Å²) in [5.74, 6) is -0.468. The lowest BCUT2D eigenvalue weighted by Gasteiger charge is -2.20. The highest BCUT2D eigenvalue weighted by Crippen LogP contribution is 2.21. The summed E-state index contributed by atoms with van der Waals surface area (Å²) in [6.07, 6.45) is 0.431. The molecule has 2 rings (SSSR count). The van der Waals surface area contributed by atoms with Crippen LogP contribution in [0.25, 0.3) is 0 Å². The van der Waals surface area contributed by atoms with E-state index < -0.39 is 17.1 Å². The number of aromatic nitrogens is 2. The number of benzene rings is 1. The van der Waals surface area contributed by atoms with Gasteiger partial charge in [-0.2, -0.15) is 0 Å². The second-order valence-corrected chi connectivity index (χ2v) is 5.23. The summed E-state index contributed by atoms with van der Waals surface area (Å²) in [5, 5.41) is 9.87. The van der Waals surface area contributed by atoms with E-state index in [1.165, 1.54) is 0 Å². The first-order valence-electron chi connectivity index (χ1n) is 7.98. The summed E-state index contributed by atoms with van der Waals surface area (Å²) < 4.78 is 0. The fourth-order valence-electron chi connectivity index (χ4n) is 2.54. The van der Waals surface area contributed by atoms with Gasteiger partial charge in [-0.25, -0.2) is 4.79 Å². The minimum absolute atomic E-state index is 0.00933. The molecule has 0 atom stereocenters. The fraction of sp³-hybridized carbons (Fsp3) is 0.353. The Balaban J connectivity index is 2.41. The minimum Gasteiger partial charge on any atom is -0.494 e. The minimum atomic E-state index is -0.750. The third-order valence-electron chi connectivity index (χ3n) is 3.79. The van der Waals surface area contributed by atoms with Gasteiger partial charge in [0.05, 0.1) is 11.4 Å². The predicted molar refractivity (Wildman–Crippen MR) is 95.8 cm³/mol. The Morgan fingerprint density at radius 2 is 1.71 bits per heavy atom. The molecule has 1 aromatic heterocycles. The Labute approximate surface area is 139 Å². The highest BCUT2D eigenvalue weighted by Gasteiger charge is 2.14. The highest BCUT2D eigenvalue weighted by atomic mass is 16.3. The van der Waals surface area contributed by atoms with Crippen molar-refractivity contribution in [2.24, 2.45) is 4.99 Å².